The van der Waals surface area contributed by atoms with E-state index in [-0.39, 0.29) is 17.7 Å². The molecule has 0 bridgehead atoms. The van der Waals surface area contributed by atoms with Gasteiger partial charge in [-0.2, -0.15) is 10.2 Å². The Kier molecular flexibility index (Phi) is 4.28. The molecule has 0 aliphatic carbocycles. The van der Waals surface area contributed by atoms with Gasteiger partial charge in [-0.15, -0.1) is 0 Å². The Balaban J connectivity index is 1.79. The van der Waals surface area contributed by atoms with Crippen molar-refractivity contribution in [3.63, 3.8) is 0 Å². The molecule has 1 aromatic carbocycles. The van der Waals surface area contributed by atoms with Crippen LogP contribution in [0.25, 0.3) is 0 Å². The molecule has 23 heavy (non-hydrogen) atoms. The van der Waals surface area contributed by atoms with Gasteiger partial charge in [0.25, 0.3) is 0 Å². The summed E-state index contributed by atoms with van der Waals surface area (Å²) < 4.78 is 19.5. The third kappa shape index (κ3) is 3.19. The van der Waals surface area contributed by atoms with Gasteiger partial charge in [-0.25, -0.2) is 4.39 Å². The first kappa shape index (κ1) is 15.5. The molecule has 3 rings (SSSR count). The summed E-state index contributed by atoms with van der Waals surface area (Å²) in [6.45, 7) is 5.46. The van der Waals surface area contributed by atoms with Crippen LogP contribution in [-0.2, 0) is 0 Å². The number of anilines is 1. The lowest BCUT2D eigenvalue weighted by molar-refractivity contribution is 0.354. The number of hydrogen-bond acceptors (Lipinski definition) is 5. The van der Waals surface area contributed by atoms with Crippen molar-refractivity contribution in [2.24, 2.45) is 0 Å². The predicted octanol–water partition coefficient (Wildman–Crippen LogP) is 3.59. The topological polar surface area (TPSA) is 66.0 Å². The summed E-state index contributed by atoms with van der Waals surface area (Å²) in [6, 6.07) is 6.56. The molecule has 0 radical (unpaired) electrons. The molecule has 1 atom stereocenters. The molecule has 1 fully saturated rings. The number of rotatable bonds is 3. The van der Waals surface area contributed by atoms with E-state index >= 15 is 0 Å². The van der Waals surface area contributed by atoms with Crippen LogP contribution in [0.4, 0.5) is 10.1 Å². The second-order valence-corrected chi connectivity index (χ2v) is 6.21. The van der Waals surface area contributed by atoms with Gasteiger partial charge >= 0.3 is 0 Å². The van der Waals surface area contributed by atoms with Crippen LogP contribution < -0.4 is 4.90 Å². The molecule has 5 nitrogen and oxygen atoms in total. The average molecular weight is 314 g/mol. The Bertz CT molecular complexity index is 734. The monoisotopic (exact) mass is 314 g/mol. The van der Waals surface area contributed by atoms with Crippen LogP contribution in [0.5, 0.6) is 0 Å². The van der Waals surface area contributed by atoms with E-state index in [2.05, 4.69) is 10.1 Å². The number of hydrogen-bond donors (Lipinski definition) is 0. The highest BCUT2D eigenvalue weighted by molar-refractivity contribution is 5.51. The highest BCUT2D eigenvalue weighted by atomic mass is 19.1. The third-order valence-electron chi connectivity index (χ3n) is 4.16. The van der Waals surface area contributed by atoms with Crippen LogP contribution in [0.1, 0.15) is 55.8 Å². The molecule has 1 aliphatic heterocycles. The zero-order chi connectivity index (χ0) is 16.4. The minimum atomic E-state index is -0.360. The minimum absolute atomic E-state index is 0.134. The van der Waals surface area contributed by atoms with Gasteiger partial charge in [-0.3, -0.25) is 0 Å². The van der Waals surface area contributed by atoms with E-state index in [1.54, 1.807) is 12.1 Å². The van der Waals surface area contributed by atoms with Crippen LogP contribution in [0.15, 0.2) is 22.7 Å². The quantitative estimate of drug-likeness (QED) is 0.866. The van der Waals surface area contributed by atoms with Crippen molar-refractivity contribution in [3.05, 3.63) is 41.3 Å². The number of nitrogens with zero attached hydrogens (tertiary/aromatic N) is 4. The molecular formula is C17H19FN4O. The second-order valence-electron chi connectivity index (χ2n) is 6.21. The molecule has 1 aliphatic rings. The van der Waals surface area contributed by atoms with Crippen molar-refractivity contribution in [2.45, 2.75) is 38.5 Å². The number of piperidine rings is 1. The van der Waals surface area contributed by atoms with Crippen molar-refractivity contribution in [1.82, 2.24) is 10.1 Å². The van der Waals surface area contributed by atoms with Crippen molar-refractivity contribution < 1.29 is 8.91 Å². The van der Waals surface area contributed by atoms with Gasteiger partial charge in [-0.05, 0) is 31.0 Å². The summed E-state index contributed by atoms with van der Waals surface area (Å²) in [6.07, 6.45) is 1.90. The third-order valence-corrected chi connectivity index (χ3v) is 4.16. The average Bonchev–Trinajstić information content (AvgIpc) is 3.05. The number of benzene rings is 1. The van der Waals surface area contributed by atoms with Gasteiger partial charge < -0.3 is 9.42 Å². The summed E-state index contributed by atoms with van der Waals surface area (Å²) >= 11 is 0. The van der Waals surface area contributed by atoms with E-state index < -0.39 is 0 Å². The van der Waals surface area contributed by atoms with Crippen molar-refractivity contribution in [1.29, 1.82) is 5.26 Å². The molecule has 1 saturated heterocycles. The van der Waals surface area contributed by atoms with E-state index in [1.807, 2.05) is 24.8 Å². The Labute approximate surface area is 134 Å². The maximum atomic E-state index is 14.2. The molecule has 1 aromatic heterocycles. The van der Waals surface area contributed by atoms with E-state index in [0.29, 0.717) is 29.5 Å². The van der Waals surface area contributed by atoms with Crippen LogP contribution in [0, 0.1) is 17.1 Å². The van der Waals surface area contributed by atoms with Gasteiger partial charge in [0, 0.05) is 24.9 Å². The fourth-order valence-electron chi connectivity index (χ4n) is 2.89. The number of nitriles is 1. The first-order valence-electron chi connectivity index (χ1n) is 7.86. The summed E-state index contributed by atoms with van der Waals surface area (Å²) in [5.74, 6) is 1.32. The molecule has 0 N–H and O–H groups in total. The molecule has 2 aromatic rings. The van der Waals surface area contributed by atoms with E-state index in [1.165, 1.54) is 6.07 Å². The van der Waals surface area contributed by atoms with Crippen molar-refractivity contribution in [2.75, 3.05) is 18.0 Å². The number of halogens is 1. The van der Waals surface area contributed by atoms with Crippen LogP contribution in [0.3, 0.4) is 0 Å². The Morgan fingerprint density at radius 3 is 2.91 bits per heavy atom. The summed E-state index contributed by atoms with van der Waals surface area (Å²) in [5.41, 5.74) is 0.862. The largest absolute Gasteiger partial charge is 0.368 e. The first-order valence-corrected chi connectivity index (χ1v) is 7.86. The molecule has 0 amide bonds. The normalized spacial score (nSPS) is 18.2. The van der Waals surface area contributed by atoms with E-state index in [0.717, 1.165) is 19.4 Å². The van der Waals surface area contributed by atoms with Gasteiger partial charge in [0.15, 0.2) is 5.82 Å². The molecule has 0 spiro atoms. The van der Waals surface area contributed by atoms with E-state index in [4.69, 9.17) is 9.78 Å². The maximum Gasteiger partial charge on any atom is 0.229 e. The predicted molar refractivity (Wildman–Crippen MR) is 83.7 cm³/mol. The van der Waals surface area contributed by atoms with E-state index in [9.17, 15) is 4.39 Å². The lowest BCUT2D eigenvalue weighted by Gasteiger charge is -2.33. The zero-order valence-corrected chi connectivity index (χ0v) is 13.3. The van der Waals surface area contributed by atoms with Gasteiger partial charge in [0.1, 0.15) is 5.82 Å². The van der Waals surface area contributed by atoms with Gasteiger partial charge in [0.2, 0.25) is 5.89 Å². The lowest BCUT2D eigenvalue weighted by atomic mass is 9.96. The molecular weight excluding hydrogens is 295 g/mol. The SMILES string of the molecule is CC(C)c1nc(C2CCCN(c3ccc(C#N)cc3F)C2)no1. The molecule has 0 saturated carbocycles. The zero-order valence-electron chi connectivity index (χ0n) is 13.3. The molecule has 6 heteroatoms. The second kappa shape index (κ2) is 6.37. The summed E-state index contributed by atoms with van der Waals surface area (Å²) in [7, 11) is 0. The highest BCUT2D eigenvalue weighted by Gasteiger charge is 2.27. The number of aromatic nitrogens is 2. The van der Waals surface area contributed by atoms with Crippen LogP contribution in [0.2, 0.25) is 0 Å². The fraction of sp³-hybridized carbons (Fsp3) is 0.471. The Morgan fingerprint density at radius 1 is 1.43 bits per heavy atom. The standard InChI is InChI=1S/C17H19FN4O/c1-11(2)17-20-16(21-23-17)13-4-3-7-22(10-13)15-6-5-12(9-19)8-14(15)18/h5-6,8,11,13H,3-4,7,10H2,1-2H3. The molecule has 2 heterocycles. The lowest BCUT2D eigenvalue weighted by Crippen LogP contribution is -2.35. The fourth-order valence-corrected chi connectivity index (χ4v) is 2.89. The Hall–Kier alpha value is -2.42. The summed E-state index contributed by atoms with van der Waals surface area (Å²) in [5, 5.41) is 12.9. The Morgan fingerprint density at radius 2 is 2.26 bits per heavy atom. The maximum absolute atomic E-state index is 14.2. The van der Waals surface area contributed by atoms with Crippen molar-refractivity contribution >= 4 is 5.69 Å². The van der Waals surface area contributed by atoms with Crippen molar-refractivity contribution in [3.8, 4) is 6.07 Å². The smallest absolute Gasteiger partial charge is 0.229 e. The highest BCUT2D eigenvalue weighted by Crippen LogP contribution is 2.30. The van der Waals surface area contributed by atoms with Gasteiger partial charge in [0.05, 0.1) is 17.3 Å². The van der Waals surface area contributed by atoms with Crippen LogP contribution in [-0.4, -0.2) is 23.2 Å². The molecule has 1 unspecified atom stereocenters. The summed E-state index contributed by atoms with van der Waals surface area (Å²) in [4.78, 5) is 6.47. The van der Waals surface area contributed by atoms with Gasteiger partial charge in [-0.1, -0.05) is 19.0 Å². The molecule has 120 valence electrons. The first-order chi connectivity index (χ1) is 11.1. The van der Waals surface area contributed by atoms with Crippen LogP contribution >= 0.6 is 0 Å². The minimum Gasteiger partial charge on any atom is -0.368 e.